The molecule has 3 heteroatoms. The van der Waals surface area contributed by atoms with Crippen LogP contribution < -0.4 is 0 Å². The van der Waals surface area contributed by atoms with E-state index < -0.39 is 0 Å². The molecule has 2 nitrogen and oxygen atoms in total. The van der Waals surface area contributed by atoms with E-state index >= 15 is 0 Å². The van der Waals surface area contributed by atoms with Gasteiger partial charge in [0.2, 0.25) is 0 Å². The van der Waals surface area contributed by atoms with Crippen molar-refractivity contribution >= 4 is 21.5 Å². The molecule has 0 fully saturated rings. The third-order valence-corrected chi connectivity index (χ3v) is 2.14. The van der Waals surface area contributed by atoms with Crippen LogP contribution in [-0.2, 0) is 0 Å². The van der Waals surface area contributed by atoms with Crippen LogP contribution >= 0.6 is 15.9 Å². The maximum atomic E-state index is 8.96. The van der Waals surface area contributed by atoms with Crippen molar-refractivity contribution in [2.45, 2.75) is 0 Å². The van der Waals surface area contributed by atoms with Crippen LogP contribution in [0.15, 0.2) is 34.9 Å². The van der Waals surface area contributed by atoms with Crippen LogP contribution in [0.4, 0.5) is 0 Å². The van der Waals surface area contributed by atoms with Crippen LogP contribution in [0.3, 0.4) is 0 Å². The summed E-state index contributed by atoms with van der Waals surface area (Å²) in [7, 11) is 3.80. The molecular formula is C11H11BrN2. The summed E-state index contributed by atoms with van der Waals surface area (Å²) in [5.74, 6) is 0. The number of hydrogen-bond acceptors (Lipinski definition) is 2. The van der Waals surface area contributed by atoms with E-state index in [4.69, 9.17) is 5.26 Å². The lowest BCUT2D eigenvalue weighted by atomic mass is 10.1. The van der Waals surface area contributed by atoms with Gasteiger partial charge in [0.15, 0.2) is 0 Å². The Morgan fingerprint density at radius 1 is 1.50 bits per heavy atom. The summed E-state index contributed by atoms with van der Waals surface area (Å²) in [6.45, 7) is 0. The van der Waals surface area contributed by atoms with Crippen molar-refractivity contribution in [1.29, 1.82) is 5.26 Å². The average Bonchev–Trinajstić information content (AvgIpc) is 2.14. The molecule has 1 rings (SSSR count). The largest absolute Gasteiger partial charge is 0.382 e. The normalized spacial score (nSPS) is 10.9. The zero-order valence-corrected chi connectivity index (χ0v) is 9.75. The van der Waals surface area contributed by atoms with E-state index in [0.29, 0.717) is 5.57 Å². The number of benzene rings is 1. The molecule has 14 heavy (non-hydrogen) atoms. The maximum Gasteiger partial charge on any atom is 0.101 e. The number of halogens is 1. The number of allylic oxidation sites excluding steroid dienone is 1. The topological polar surface area (TPSA) is 27.0 Å². The second-order valence-corrected chi connectivity index (χ2v) is 4.04. The van der Waals surface area contributed by atoms with E-state index in [9.17, 15) is 0 Å². The summed E-state index contributed by atoms with van der Waals surface area (Å²) < 4.78 is 0.981. The second-order valence-electron chi connectivity index (χ2n) is 3.13. The molecular weight excluding hydrogens is 240 g/mol. The lowest BCUT2D eigenvalue weighted by Gasteiger charge is -2.06. The van der Waals surface area contributed by atoms with Crippen LogP contribution in [0.25, 0.3) is 5.57 Å². The quantitative estimate of drug-likeness (QED) is 0.755. The molecule has 1 aromatic carbocycles. The van der Waals surface area contributed by atoms with E-state index in [0.717, 1.165) is 10.0 Å². The minimum atomic E-state index is 0.663. The summed E-state index contributed by atoms with van der Waals surface area (Å²) >= 11 is 3.38. The van der Waals surface area contributed by atoms with E-state index in [2.05, 4.69) is 22.0 Å². The van der Waals surface area contributed by atoms with Crippen molar-refractivity contribution in [3.8, 4) is 6.07 Å². The minimum Gasteiger partial charge on any atom is -0.382 e. The van der Waals surface area contributed by atoms with Crippen molar-refractivity contribution in [2.24, 2.45) is 0 Å². The maximum absolute atomic E-state index is 8.96. The Bertz CT molecular complexity index is 389. The molecule has 72 valence electrons. The van der Waals surface area contributed by atoms with E-state index in [-0.39, 0.29) is 0 Å². The first-order valence-electron chi connectivity index (χ1n) is 4.18. The highest BCUT2D eigenvalue weighted by molar-refractivity contribution is 9.10. The average molecular weight is 251 g/mol. The Hall–Kier alpha value is -1.27. The third kappa shape index (κ3) is 2.90. The van der Waals surface area contributed by atoms with Crippen LogP contribution in [0.1, 0.15) is 5.56 Å². The van der Waals surface area contributed by atoms with Crippen LogP contribution in [-0.4, -0.2) is 19.0 Å². The number of hydrogen-bond donors (Lipinski definition) is 0. The summed E-state index contributed by atoms with van der Waals surface area (Å²) in [4.78, 5) is 1.86. The van der Waals surface area contributed by atoms with Crippen molar-refractivity contribution in [3.63, 3.8) is 0 Å². The Balaban J connectivity index is 3.09. The van der Waals surface area contributed by atoms with Crippen LogP contribution in [0.2, 0.25) is 0 Å². The molecule has 0 radical (unpaired) electrons. The Labute approximate surface area is 92.6 Å². The first-order valence-corrected chi connectivity index (χ1v) is 4.97. The van der Waals surface area contributed by atoms with Gasteiger partial charge in [0, 0.05) is 24.8 Å². The van der Waals surface area contributed by atoms with Gasteiger partial charge in [-0.25, -0.2) is 0 Å². The van der Waals surface area contributed by atoms with Gasteiger partial charge in [0.1, 0.15) is 6.07 Å². The first kappa shape index (κ1) is 10.8. The van der Waals surface area contributed by atoms with Gasteiger partial charge in [-0.05, 0) is 17.7 Å². The molecule has 1 aromatic rings. The molecule has 0 N–H and O–H groups in total. The molecule has 0 bridgehead atoms. The van der Waals surface area contributed by atoms with Crippen molar-refractivity contribution in [3.05, 3.63) is 40.5 Å². The molecule has 0 spiro atoms. The van der Waals surface area contributed by atoms with Gasteiger partial charge in [-0.15, -0.1) is 0 Å². The molecule has 0 aliphatic heterocycles. The van der Waals surface area contributed by atoms with E-state index in [1.165, 1.54) is 0 Å². The van der Waals surface area contributed by atoms with Gasteiger partial charge in [0.05, 0.1) is 5.57 Å². The molecule has 0 aliphatic rings. The standard InChI is InChI=1S/C11H11BrN2/c1-14(2)8-10(7-13)9-4-3-5-11(12)6-9/h3-6,8H,1-2H3/b10-8+. The number of nitriles is 1. The highest BCUT2D eigenvalue weighted by Crippen LogP contribution is 2.18. The molecule has 0 heterocycles. The van der Waals surface area contributed by atoms with E-state index in [1.54, 1.807) is 0 Å². The predicted molar refractivity (Wildman–Crippen MR) is 61.4 cm³/mol. The van der Waals surface area contributed by atoms with Crippen LogP contribution in [0, 0.1) is 11.3 Å². The zero-order valence-electron chi connectivity index (χ0n) is 8.16. The predicted octanol–water partition coefficient (Wildman–Crippen LogP) is 2.88. The van der Waals surface area contributed by atoms with E-state index in [1.807, 2.05) is 49.5 Å². The second kappa shape index (κ2) is 4.83. The van der Waals surface area contributed by atoms with Gasteiger partial charge in [-0.1, -0.05) is 28.1 Å². The highest BCUT2D eigenvalue weighted by Gasteiger charge is 2.00. The molecule has 0 saturated carbocycles. The fourth-order valence-electron chi connectivity index (χ4n) is 1.08. The number of rotatable bonds is 2. The molecule has 0 saturated heterocycles. The summed E-state index contributed by atoms with van der Waals surface area (Å²) in [6, 6.07) is 9.88. The smallest absolute Gasteiger partial charge is 0.101 e. The fraction of sp³-hybridized carbons (Fsp3) is 0.182. The lowest BCUT2D eigenvalue weighted by Crippen LogP contribution is -2.02. The summed E-state index contributed by atoms with van der Waals surface area (Å²) in [5.41, 5.74) is 1.59. The fourth-order valence-corrected chi connectivity index (χ4v) is 1.48. The first-order chi connectivity index (χ1) is 6.63. The Kier molecular flexibility index (Phi) is 3.73. The van der Waals surface area contributed by atoms with Crippen molar-refractivity contribution in [2.75, 3.05) is 14.1 Å². The molecule has 0 unspecified atom stereocenters. The van der Waals surface area contributed by atoms with Gasteiger partial charge in [-0.2, -0.15) is 5.26 Å². The summed E-state index contributed by atoms with van der Waals surface area (Å²) in [6.07, 6.45) is 1.81. The van der Waals surface area contributed by atoms with Gasteiger partial charge in [-0.3, -0.25) is 0 Å². The third-order valence-electron chi connectivity index (χ3n) is 1.64. The number of nitrogens with zero attached hydrogens (tertiary/aromatic N) is 2. The monoisotopic (exact) mass is 250 g/mol. The van der Waals surface area contributed by atoms with Crippen molar-refractivity contribution in [1.82, 2.24) is 4.90 Å². The molecule has 0 aliphatic carbocycles. The lowest BCUT2D eigenvalue weighted by molar-refractivity contribution is 0.566. The van der Waals surface area contributed by atoms with Crippen molar-refractivity contribution < 1.29 is 0 Å². The molecule has 0 atom stereocenters. The highest BCUT2D eigenvalue weighted by atomic mass is 79.9. The Morgan fingerprint density at radius 3 is 2.71 bits per heavy atom. The summed E-state index contributed by atoms with van der Waals surface area (Å²) in [5, 5.41) is 8.96. The molecule has 0 aromatic heterocycles. The van der Waals surface area contributed by atoms with Gasteiger partial charge >= 0.3 is 0 Å². The van der Waals surface area contributed by atoms with Gasteiger partial charge < -0.3 is 4.90 Å². The van der Waals surface area contributed by atoms with Crippen LogP contribution in [0.5, 0.6) is 0 Å². The SMILES string of the molecule is CN(C)/C=C(\C#N)c1cccc(Br)c1. The minimum absolute atomic E-state index is 0.663. The zero-order chi connectivity index (χ0) is 10.6. The Morgan fingerprint density at radius 2 is 2.21 bits per heavy atom. The molecule has 0 amide bonds. The van der Waals surface area contributed by atoms with Gasteiger partial charge in [0.25, 0.3) is 0 Å².